The predicted molar refractivity (Wildman–Crippen MR) is 99.1 cm³/mol. The van der Waals surface area contributed by atoms with Gasteiger partial charge in [-0.15, -0.1) is 24.0 Å². The smallest absolute Gasteiger partial charge is 0.188 e. The minimum Gasteiger partial charge on any atom is -0.370 e. The number of hydrogen-bond donors (Lipinski definition) is 2. The first kappa shape index (κ1) is 20.9. The third kappa shape index (κ3) is 6.27. The van der Waals surface area contributed by atoms with Crippen molar-refractivity contribution in [2.24, 2.45) is 10.7 Å². The number of hydrogen-bond acceptors (Lipinski definition) is 4. The highest BCUT2D eigenvalue weighted by Gasteiger charge is 2.30. The zero-order chi connectivity index (χ0) is 15.4. The molecule has 0 spiro atoms. The Hall–Kier alpha value is -0.0900. The predicted octanol–water partition coefficient (Wildman–Crippen LogP) is 0.816. The summed E-state index contributed by atoms with van der Waals surface area (Å²) in [5, 5.41) is 3.10. The largest absolute Gasteiger partial charge is 0.370 e. The summed E-state index contributed by atoms with van der Waals surface area (Å²) in [5.74, 6) is 0.324. The Labute approximate surface area is 145 Å². The van der Waals surface area contributed by atoms with E-state index in [9.17, 15) is 8.42 Å². The van der Waals surface area contributed by atoms with Crippen LogP contribution in [0.25, 0.3) is 0 Å². The molecule has 0 aliphatic carbocycles. The average Bonchev–Trinajstić information content (AvgIpc) is 2.80. The van der Waals surface area contributed by atoms with Crippen LogP contribution in [0.5, 0.6) is 0 Å². The topological polar surface area (TPSA) is 87.8 Å². The molecule has 0 radical (unpaired) electrons. The lowest BCUT2D eigenvalue weighted by Gasteiger charge is -2.23. The first-order chi connectivity index (χ1) is 9.17. The van der Waals surface area contributed by atoms with Crippen molar-refractivity contribution < 1.29 is 8.42 Å². The number of likely N-dealkylation sites (N-methyl/N-ethyl adjacent to an activating group) is 1. The number of nitrogens with zero attached hydrogens (tertiary/aromatic N) is 2. The lowest BCUT2D eigenvalue weighted by atomic mass is 10.2. The SMILES string of the molecule is CCN1CCCC1CNC(N)=NCC(C)(C)S(C)(=O)=O.I. The average molecular weight is 432 g/mol. The molecule has 3 N–H and O–H groups in total. The van der Waals surface area contributed by atoms with Crippen LogP contribution in [0, 0.1) is 0 Å². The van der Waals surface area contributed by atoms with Crippen molar-refractivity contribution in [1.29, 1.82) is 0 Å². The number of nitrogens with one attached hydrogen (secondary N) is 1. The van der Waals surface area contributed by atoms with Crippen LogP contribution in [-0.2, 0) is 9.84 Å². The van der Waals surface area contributed by atoms with Crippen molar-refractivity contribution in [2.45, 2.75) is 44.4 Å². The van der Waals surface area contributed by atoms with Gasteiger partial charge in [-0.25, -0.2) is 8.42 Å². The van der Waals surface area contributed by atoms with Gasteiger partial charge in [-0.1, -0.05) is 6.92 Å². The Morgan fingerprint density at radius 1 is 1.48 bits per heavy atom. The van der Waals surface area contributed by atoms with Crippen molar-refractivity contribution in [3.05, 3.63) is 0 Å². The monoisotopic (exact) mass is 432 g/mol. The van der Waals surface area contributed by atoms with Crippen molar-refractivity contribution in [2.75, 3.05) is 32.4 Å². The molecule has 126 valence electrons. The van der Waals surface area contributed by atoms with Crippen LogP contribution in [0.4, 0.5) is 0 Å². The molecule has 1 unspecified atom stereocenters. The molecule has 0 amide bonds. The van der Waals surface area contributed by atoms with E-state index in [2.05, 4.69) is 22.1 Å². The van der Waals surface area contributed by atoms with Gasteiger partial charge < -0.3 is 11.1 Å². The fraction of sp³-hybridized carbons (Fsp3) is 0.923. The molecule has 6 nitrogen and oxygen atoms in total. The maximum atomic E-state index is 11.6. The number of sulfone groups is 1. The lowest BCUT2D eigenvalue weighted by Crippen LogP contribution is -2.43. The van der Waals surface area contributed by atoms with E-state index >= 15 is 0 Å². The molecule has 1 saturated heterocycles. The molecule has 1 fully saturated rings. The second kappa shape index (κ2) is 8.52. The molecule has 1 aliphatic heterocycles. The quantitative estimate of drug-likeness (QED) is 0.369. The van der Waals surface area contributed by atoms with Crippen LogP contribution >= 0.6 is 24.0 Å². The lowest BCUT2D eigenvalue weighted by molar-refractivity contribution is 0.267. The Bertz CT molecular complexity index is 451. The second-order valence-corrected chi connectivity index (χ2v) is 8.69. The summed E-state index contributed by atoms with van der Waals surface area (Å²) in [4.78, 5) is 6.58. The summed E-state index contributed by atoms with van der Waals surface area (Å²) in [6.07, 6.45) is 3.62. The number of guanidine groups is 1. The van der Waals surface area contributed by atoms with E-state index in [1.54, 1.807) is 13.8 Å². The molecule has 1 rings (SSSR count). The number of nitrogens with two attached hydrogens (primary N) is 1. The van der Waals surface area contributed by atoms with Gasteiger partial charge in [0.05, 0.1) is 11.3 Å². The number of rotatable bonds is 6. The minimum absolute atomic E-state index is 0. The number of halogens is 1. The van der Waals surface area contributed by atoms with Crippen LogP contribution < -0.4 is 11.1 Å². The molecule has 8 heteroatoms. The third-order valence-electron chi connectivity index (χ3n) is 4.06. The highest BCUT2D eigenvalue weighted by atomic mass is 127. The molecule has 0 aromatic carbocycles. The first-order valence-corrected chi connectivity index (χ1v) is 9.04. The summed E-state index contributed by atoms with van der Waals surface area (Å²) >= 11 is 0. The van der Waals surface area contributed by atoms with Crippen molar-refractivity contribution in [3.8, 4) is 0 Å². The fourth-order valence-electron chi connectivity index (χ4n) is 2.21. The maximum Gasteiger partial charge on any atom is 0.188 e. The molecular formula is C13H29IN4O2S. The Kier molecular flexibility index (Phi) is 8.48. The molecule has 21 heavy (non-hydrogen) atoms. The van der Waals surface area contributed by atoms with Crippen molar-refractivity contribution in [1.82, 2.24) is 10.2 Å². The molecule has 0 saturated carbocycles. The Morgan fingerprint density at radius 2 is 2.10 bits per heavy atom. The molecule has 0 aromatic rings. The van der Waals surface area contributed by atoms with Crippen molar-refractivity contribution in [3.63, 3.8) is 0 Å². The molecule has 0 aromatic heterocycles. The van der Waals surface area contributed by atoms with Gasteiger partial charge in [-0.05, 0) is 39.8 Å². The minimum atomic E-state index is -3.14. The van der Waals surface area contributed by atoms with E-state index < -0.39 is 14.6 Å². The molecular weight excluding hydrogens is 403 g/mol. The van der Waals surface area contributed by atoms with Gasteiger partial charge in [-0.3, -0.25) is 9.89 Å². The fourth-order valence-corrected chi connectivity index (χ4v) is 2.51. The van der Waals surface area contributed by atoms with E-state index in [0.29, 0.717) is 12.0 Å². The van der Waals surface area contributed by atoms with Gasteiger partial charge in [0.2, 0.25) is 0 Å². The summed E-state index contributed by atoms with van der Waals surface area (Å²) in [6.45, 7) is 8.61. The van der Waals surface area contributed by atoms with E-state index in [1.807, 2.05) is 0 Å². The molecule has 1 atom stereocenters. The second-order valence-electron chi connectivity index (χ2n) is 6.04. The zero-order valence-electron chi connectivity index (χ0n) is 13.4. The normalized spacial score (nSPS) is 21.1. The van der Waals surface area contributed by atoms with Crippen LogP contribution in [0.15, 0.2) is 4.99 Å². The van der Waals surface area contributed by atoms with Gasteiger partial charge >= 0.3 is 0 Å². The van der Waals surface area contributed by atoms with Crippen LogP contribution in [0.1, 0.15) is 33.6 Å². The summed E-state index contributed by atoms with van der Waals surface area (Å²) in [5.41, 5.74) is 5.81. The van der Waals surface area contributed by atoms with E-state index in [-0.39, 0.29) is 30.5 Å². The highest BCUT2D eigenvalue weighted by molar-refractivity contribution is 14.0. The zero-order valence-corrected chi connectivity index (χ0v) is 16.6. The summed E-state index contributed by atoms with van der Waals surface area (Å²) in [6, 6.07) is 0.497. The number of likely N-dealkylation sites (tertiary alicyclic amines) is 1. The van der Waals surface area contributed by atoms with Gasteiger partial charge in [0, 0.05) is 18.8 Å². The molecule has 1 heterocycles. The maximum absolute atomic E-state index is 11.6. The number of aliphatic imine (C=N–C) groups is 1. The Morgan fingerprint density at radius 3 is 2.62 bits per heavy atom. The third-order valence-corrected chi connectivity index (χ3v) is 6.19. The highest BCUT2D eigenvalue weighted by Crippen LogP contribution is 2.16. The molecule has 0 bridgehead atoms. The van der Waals surface area contributed by atoms with E-state index in [4.69, 9.17) is 5.73 Å². The van der Waals surface area contributed by atoms with Gasteiger partial charge in [0.1, 0.15) is 0 Å². The van der Waals surface area contributed by atoms with Crippen LogP contribution in [-0.4, -0.2) is 62.5 Å². The van der Waals surface area contributed by atoms with E-state index in [1.165, 1.54) is 19.1 Å². The van der Waals surface area contributed by atoms with Gasteiger partial charge in [0.25, 0.3) is 0 Å². The van der Waals surface area contributed by atoms with Gasteiger partial charge in [0.15, 0.2) is 15.8 Å². The summed E-state index contributed by atoms with van der Waals surface area (Å²) in [7, 11) is -3.14. The standard InChI is InChI=1S/C13H28N4O2S.HI/c1-5-17-8-6-7-11(17)9-15-12(14)16-10-13(2,3)20(4,18)19;/h11H,5-10H2,1-4H3,(H3,14,15,16);1H. The van der Waals surface area contributed by atoms with Crippen LogP contribution in [0.2, 0.25) is 0 Å². The summed E-state index contributed by atoms with van der Waals surface area (Å²) < 4.78 is 22.3. The van der Waals surface area contributed by atoms with Gasteiger partial charge in [-0.2, -0.15) is 0 Å². The molecule has 1 aliphatic rings. The Balaban J connectivity index is 0.00000400. The van der Waals surface area contributed by atoms with Crippen molar-refractivity contribution >= 4 is 39.8 Å². The first-order valence-electron chi connectivity index (χ1n) is 7.15. The van der Waals surface area contributed by atoms with E-state index in [0.717, 1.165) is 19.6 Å². The van der Waals surface area contributed by atoms with Crippen LogP contribution in [0.3, 0.4) is 0 Å².